The molecule has 0 fully saturated rings. The van der Waals surface area contributed by atoms with Crippen LogP contribution in [0.15, 0.2) is 42.5 Å². The van der Waals surface area contributed by atoms with Crippen molar-refractivity contribution in [3.63, 3.8) is 0 Å². The number of carbonyl (C=O) groups excluding carboxylic acids is 1. The van der Waals surface area contributed by atoms with Crippen LogP contribution in [0.4, 0.5) is 4.39 Å². The molecular weight excluding hydrogens is 269 g/mol. The van der Waals surface area contributed by atoms with Gasteiger partial charge in [0.25, 0.3) is 5.91 Å². The summed E-state index contributed by atoms with van der Waals surface area (Å²) in [6.07, 6.45) is 0. The molecule has 0 heterocycles. The van der Waals surface area contributed by atoms with Crippen LogP contribution in [0.5, 0.6) is 5.75 Å². The van der Waals surface area contributed by atoms with Crippen LogP contribution < -0.4 is 10.1 Å². The molecule has 0 bridgehead atoms. The second kappa shape index (κ2) is 6.88. The Labute approximate surface area is 123 Å². The predicted octanol–water partition coefficient (Wildman–Crippen LogP) is 3.14. The van der Waals surface area contributed by atoms with Gasteiger partial charge in [-0.15, -0.1) is 0 Å². The van der Waals surface area contributed by atoms with E-state index in [1.807, 2.05) is 32.0 Å². The molecule has 2 aromatic carbocycles. The molecule has 0 aliphatic rings. The molecule has 0 atom stereocenters. The van der Waals surface area contributed by atoms with Crippen LogP contribution in [0.2, 0.25) is 0 Å². The zero-order valence-electron chi connectivity index (χ0n) is 12.2. The van der Waals surface area contributed by atoms with Gasteiger partial charge in [0.1, 0.15) is 11.6 Å². The van der Waals surface area contributed by atoms with Gasteiger partial charge in [0.2, 0.25) is 0 Å². The fourth-order valence-corrected chi connectivity index (χ4v) is 2.02. The van der Waals surface area contributed by atoms with E-state index in [1.54, 1.807) is 12.1 Å². The molecule has 0 spiro atoms. The average molecular weight is 287 g/mol. The summed E-state index contributed by atoms with van der Waals surface area (Å²) in [5.74, 6) is 0.186. The molecule has 0 radical (unpaired) electrons. The predicted molar refractivity (Wildman–Crippen MR) is 79.7 cm³/mol. The van der Waals surface area contributed by atoms with E-state index >= 15 is 0 Å². The standard InChI is InChI=1S/C17H18FNO2/c1-12-7-13(2)9-16(8-12)21-11-17(20)19-10-14-3-5-15(18)6-4-14/h3-9H,10-11H2,1-2H3,(H,19,20). The first-order valence-electron chi connectivity index (χ1n) is 6.75. The Hall–Kier alpha value is -2.36. The molecule has 0 aliphatic heterocycles. The Bertz CT molecular complexity index is 603. The van der Waals surface area contributed by atoms with Gasteiger partial charge in [-0.25, -0.2) is 4.39 Å². The van der Waals surface area contributed by atoms with E-state index in [1.165, 1.54) is 12.1 Å². The first-order valence-corrected chi connectivity index (χ1v) is 6.75. The second-order valence-corrected chi connectivity index (χ2v) is 5.02. The lowest BCUT2D eigenvalue weighted by Crippen LogP contribution is -2.28. The molecule has 21 heavy (non-hydrogen) atoms. The van der Waals surface area contributed by atoms with E-state index in [2.05, 4.69) is 5.32 Å². The van der Waals surface area contributed by atoms with Crippen molar-refractivity contribution in [2.45, 2.75) is 20.4 Å². The van der Waals surface area contributed by atoms with Crippen LogP contribution in [0.1, 0.15) is 16.7 Å². The van der Waals surface area contributed by atoms with E-state index in [-0.39, 0.29) is 18.3 Å². The summed E-state index contributed by atoms with van der Waals surface area (Å²) in [7, 11) is 0. The number of hydrogen-bond donors (Lipinski definition) is 1. The minimum absolute atomic E-state index is 0.0376. The summed E-state index contributed by atoms with van der Waals surface area (Å²) in [5.41, 5.74) is 3.03. The van der Waals surface area contributed by atoms with Crippen molar-refractivity contribution in [1.29, 1.82) is 0 Å². The van der Waals surface area contributed by atoms with Crippen LogP contribution in [0.3, 0.4) is 0 Å². The summed E-state index contributed by atoms with van der Waals surface area (Å²) in [5, 5.41) is 2.73. The number of carbonyl (C=O) groups is 1. The first kappa shape index (κ1) is 15.0. The first-order chi connectivity index (χ1) is 10.0. The van der Waals surface area contributed by atoms with Crippen LogP contribution in [0.25, 0.3) is 0 Å². The van der Waals surface area contributed by atoms with Crippen LogP contribution in [-0.2, 0) is 11.3 Å². The molecule has 2 rings (SSSR count). The Kier molecular flexibility index (Phi) is 4.93. The summed E-state index contributed by atoms with van der Waals surface area (Å²) in [6.45, 7) is 4.28. The van der Waals surface area contributed by atoms with Crippen molar-refractivity contribution in [2.24, 2.45) is 0 Å². The lowest BCUT2D eigenvalue weighted by molar-refractivity contribution is -0.123. The fourth-order valence-electron chi connectivity index (χ4n) is 2.02. The van der Waals surface area contributed by atoms with E-state index in [0.717, 1.165) is 16.7 Å². The zero-order chi connectivity index (χ0) is 15.2. The van der Waals surface area contributed by atoms with Gasteiger partial charge in [0.15, 0.2) is 6.61 Å². The third kappa shape index (κ3) is 4.91. The minimum atomic E-state index is -0.289. The maximum Gasteiger partial charge on any atom is 0.258 e. The molecule has 0 saturated carbocycles. The molecule has 1 N–H and O–H groups in total. The topological polar surface area (TPSA) is 38.3 Å². The van der Waals surface area contributed by atoms with Gasteiger partial charge in [-0.3, -0.25) is 4.79 Å². The zero-order valence-corrected chi connectivity index (χ0v) is 12.2. The van der Waals surface area contributed by atoms with Gasteiger partial charge < -0.3 is 10.1 Å². The lowest BCUT2D eigenvalue weighted by Gasteiger charge is -2.09. The molecule has 0 saturated heterocycles. The van der Waals surface area contributed by atoms with E-state index in [0.29, 0.717) is 12.3 Å². The summed E-state index contributed by atoms with van der Waals surface area (Å²) in [6, 6.07) is 11.8. The van der Waals surface area contributed by atoms with Crippen molar-refractivity contribution in [1.82, 2.24) is 5.32 Å². The molecule has 1 amide bonds. The van der Waals surface area contributed by atoms with Gasteiger partial charge in [-0.1, -0.05) is 18.2 Å². The number of ether oxygens (including phenoxy) is 1. The normalized spacial score (nSPS) is 10.2. The van der Waals surface area contributed by atoms with Gasteiger partial charge >= 0.3 is 0 Å². The maximum atomic E-state index is 12.8. The van der Waals surface area contributed by atoms with Gasteiger partial charge in [-0.2, -0.15) is 0 Å². The van der Waals surface area contributed by atoms with E-state index < -0.39 is 0 Å². The highest BCUT2D eigenvalue weighted by Crippen LogP contribution is 2.15. The molecule has 0 unspecified atom stereocenters. The quantitative estimate of drug-likeness (QED) is 0.917. The van der Waals surface area contributed by atoms with Gasteiger partial charge in [0, 0.05) is 6.54 Å². The van der Waals surface area contributed by atoms with Gasteiger partial charge in [-0.05, 0) is 54.8 Å². The molecule has 0 aromatic heterocycles. The molecule has 2 aromatic rings. The molecule has 3 nitrogen and oxygen atoms in total. The van der Waals surface area contributed by atoms with Crippen molar-refractivity contribution < 1.29 is 13.9 Å². The van der Waals surface area contributed by atoms with Crippen LogP contribution in [-0.4, -0.2) is 12.5 Å². The lowest BCUT2D eigenvalue weighted by atomic mass is 10.1. The number of aryl methyl sites for hydroxylation is 2. The van der Waals surface area contributed by atoms with E-state index in [4.69, 9.17) is 4.74 Å². The summed E-state index contributed by atoms with van der Waals surface area (Å²) >= 11 is 0. The molecule has 110 valence electrons. The van der Waals surface area contributed by atoms with Crippen molar-refractivity contribution in [2.75, 3.05) is 6.61 Å². The largest absolute Gasteiger partial charge is 0.484 e. The molecular formula is C17H18FNO2. The average Bonchev–Trinajstić information content (AvgIpc) is 2.43. The van der Waals surface area contributed by atoms with Crippen molar-refractivity contribution in [3.05, 3.63) is 65.0 Å². The SMILES string of the molecule is Cc1cc(C)cc(OCC(=O)NCc2ccc(F)cc2)c1. The van der Waals surface area contributed by atoms with Gasteiger partial charge in [0.05, 0.1) is 0 Å². The number of halogens is 1. The monoisotopic (exact) mass is 287 g/mol. The highest BCUT2D eigenvalue weighted by Gasteiger charge is 2.04. The second-order valence-electron chi connectivity index (χ2n) is 5.02. The number of benzene rings is 2. The number of hydrogen-bond acceptors (Lipinski definition) is 2. The maximum absolute atomic E-state index is 12.8. The van der Waals surface area contributed by atoms with E-state index in [9.17, 15) is 9.18 Å². The Morgan fingerprint density at radius 2 is 1.71 bits per heavy atom. The van der Waals surface area contributed by atoms with Crippen molar-refractivity contribution in [3.8, 4) is 5.75 Å². The summed E-state index contributed by atoms with van der Waals surface area (Å²) < 4.78 is 18.2. The Morgan fingerprint density at radius 1 is 1.10 bits per heavy atom. The third-order valence-electron chi connectivity index (χ3n) is 2.97. The summed E-state index contributed by atoms with van der Waals surface area (Å²) in [4.78, 5) is 11.7. The minimum Gasteiger partial charge on any atom is -0.484 e. The number of amides is 1. The smallest absolute Gasteiger partial charge is 0.258 e. The fraction of sp³-hybridized carbons (Fsp3) is 0.235. The Balaban J connectivity index is 1.80. The number of nitrogens with one attached hydrogen (secondary N) is 1. The highest BCUT2D eigenvalue weighted by atomic mass is 19.1. The van der Waals surface area contributed by atoms with Crippen molar-refractivity contribution >= 4 is 5.91 Å². The Morgan fingerprint density at radius 3 is 2.33 bits per heavy atom. The number of rotatable bonds is 5. The molecule has 0 aliphatic carbocycles. The molecule has 4 heteroatoms. The third-order valence-corrected chi connectivity index (χ3v) is 2.97. The van der Waals surface area contributed by atoms with Crippen LogP contribution in [0, 0.1) is 19.7 Å². The van der Waals surface area contributed by atoms with Crippen LogP contribution >= 0.6 is 0 Å². The highest BCUT2D eigenvalue weighted by molar-refractivity contribution is 5.77.